The molecule has 5 nitrogen and oxygen atoms in total. The van der Waals surface area contributed by atoms with Gasteiger partial charge in [0.1, 0.15) is 5.75 Å². The molecule has 0 bridgehead atoms. The van der Waals surface area contributed by atoms with Crippen LogP contribution in [0.15, 0.2) is 29.2 Å². The first-order valence-electron chi connectivity index (χ1n) is 9.67. The third-order valence-corrected chi connectivity index (χ3v) is 6.28. The molecule has 2 aliphatic rings. The minimum absolute atomic E-state index is 0.0224. The zero-order chi connectivity index (χ0) is 19.2. The van der Waals surface area contributed by atoms with Crippen LogP contribution in [0, 0.1) is 0 Å². The van der Waals surface area contributed by atoms with E-state index >= 15 is 0 Å². The highest BCUT2D eigenvalue weighted by Gasteiger charge is 2.42. The van der Waals surface area contributed by atoms with Crippen LogP contribution in [0.4, 0.5) is 0 Å². The van der Waals surface area contributed by atoms with Gasteiger partial charge in [-0.25, -0.2) is 0 Å². The number of hydrogen-bond acceptors (Lipinski definition) is 5. The molecule has 6 heteroatoms. The molecule has 0 radical (unpaired) electrons. The largest absolute Gasteiger partial charge is 0.497 e. The number of hydrogen-bond donors (Lipinski definition) is 1. The minimum atomic E-state index is -0.199. The molecule has 1 N–H and O–H groups in total. The van der Waals surface area contributed by atoms with E-state index in [4.69, 9.17) is 4.74 Å². The minimum Gasteiger partial charge on any atom is -0.497 e. The van der Waals surface area contributed by atoms with Gasteiger partial charge in [-0.15, -0.1) is 11.8 Å². The summed E-state index contributed by atoms with van der Waals surface area (Å²) in [4.78, 5) is 28.4. The van der Waals surface area contributed by atoms with Crippen molar-refractivity contribution in [3.8, 4) is 5.75 Å². The van der Waals surface area contributed by atoms with Crippen molar-refractivity contribution in [3.63, 3.8) is 0 Å². The van der Waals surface area contributed by atoms with E-state index in [2.05, 4.69) is 0 Å². The molecule has 1 aromatic rings. The Balaban J connectivity index is 1.92. The highest BCUT2D eigenvalue weighted by atomic mass is 32.2. The Bertz CT molecular complexity index is 705. The lowest BCUT2D eigenvalue weighted by Gasteiger charge is -2.28. The average molecular weight is 390 g/mol. The van der Waals surface area contributed by atoms with Crippen LogP contribution in [0.5, 0.6) is 5.75 Å². The number of aliphatic hydroxyl groups is 1. The van der Waals surface area contributed by atoms with Crippen LogP contribution in [0.25, 0.3) is 5.57 Å². The van der Waals surface area contributed by atoms with Gasteiger partial charge < -0.3 is 9.84 Å². The van der Waals surface area contributed by atoms with E-state index in [1.807, 2.05) is 12.1 Å². The number of benzene rings is 1. The first-order chi connectivity index (χ1) is 13.2. The number of amides is 2. The molecular weight excluding hydrogens is 362 g/mol. The lowest BCUT2D eigenvalue weighted by atomic mass is 9.95. The number of thioether (sulfide) groups is 1. The normalized spacial score (nSPS) is 19.4. The predicted molar refractivity (Wildman–Crippen MR) is 107 cm³/mol. The third kappa shape index (κ3) is 4.38. The highest BCUT2D eigenvalue weighted by molar-refractivity contribution is 8.04. The fraction of sp³-hybridized carbons (Fsp3) is 0.524. The van der Waals surface area contributed by atoms with Gasteiger partial charge in [-0.1, -0.05) is 44.2 Å². The van der Waals surface area contributed by atoms with Gasteiger partial charge in [-0.05, 0) is 30.5 Å². The SMILES string of the molecule is COc1ccc(C2=C(SCCO)C(=O)N(C3CCCCCCC3)C2=O)cc1. The summed E-state index contributed by atoms with van der Waals surface area (Å²) in [5.41, 5.74) is 1.19. The van der Waals surface area contributed by atoms with Gasteiger partial charge in [0.05, 0.1) is 24.2 Å². The number of rotatable bonds is 6. The lowest BCUT2D eigenvalue weighted by molar-refractivity contribution is -0.139. The summed E-state index contributed by atoms with van der Waals surface area (Å²) in [7, 11) is 1.59. The van der Waals surface area contributed by atoms with Gasteiger partial charge in [0.15, 0.2) is 0 Å². The van der Waals surface area contributed by atoms with Crippen molar-refractivity contribution in [2.24, 2.45) is 0 Å². The molecule has 3 rings (SSSR count). The Labute approximate surface area is 164 Å². The fourth-order valence-corrected chi connectivity index (χ4v) is 4.71. The molecule has 1 aromatic carbocycles. The van der Waals surface area contributed by atoms with Crippen molar-refractivity contribution in [2.45, 2.75) is 51.0 Å². The molecule has 1 aliphatic heterocycles. The Morgan fingerprint density at radius 3 is 2.26 bits per heavy atom. The van der Waals surface area contributed by atoms with Gasteiger partial charge >= 0.3 is 0 Å². The standard InChI is InChI=1S/C21H27NO4S/c1-26-17-11-9-15(10-12-17)18-19(27-14-13-23)21(25)22(20(18)24)16-7-5-3-2-4-6-8-16/h9-12,16,23H,2-8,13-14H2,1H3. The smallest absolute Gasteiger partial charge is 0.268 e. The van der Waals surface area contributed by atoms with Gasteiger partial charge in [0.2, 0.25) is 0 Å². The topological polar surface area (TPSA) is 66.8 Å². The fourth-order valence-electron chi connectivity index (χ4n) is 3.84. The van der Waals surface area contributed by atoms with Crippen molar-refractivity contribution in [1.82, 2.24) is 4.90 Å². The quantitative estimate of drug-likeness (QED) is 0.753. The lowest BCUT2D eigenvalue weighted by Crippen LogP contribution is -2.41. The summed E-state index contributed by atoms with van der Waals surface area (Å²) in [5, 5.41) is 9.22. The van der Waals surface area contributed by atoms with E-state index in [0.29, 0.717) is 22.0 Å². The molecular formula is C21H27NO4S. The summed E-state index contributed by atoms with van der Waals surface area (Å²) in [6.07, 6.45) is 7.44. The summed E-state index contributed by atoms with van der Waals surface area (Å²) >= 11 is 1.27. The molecule has 0 aromatic heterocycles. The molecule has 146 valence electrons. The monoisotopic (exact) mass is 389 g/mol. The summed E-state index contributed by atoms with van der Waals surface area (Å²) in [6, 6.07) is 7.21. The van der Waals surface area contributed by atoms with Gasteiger partial charge in [0.25, 0.3) is 11.8 Å². The van der Waals surface area contributed by atoms with Gasteiger partial charge in [0, 0.05) is 11.8 Å². The number of nitrogens with zero attached hydrogens (tertiary/aromatic N) is 1. The van der Waals surface area contributed by atoms with E-state index in [0.717, 1.165) is 44.1 Å². The first kappa shape index (κ1) is 20.0. The Morgan fingerprint density at radius 1 is 1.04 bits per heavy atom. The van der Waals surface area contributed by atoms with E-state index < -0.39 is 0 Å². The zero-order valence-corrected chi connectivity index (χ0v) is 16.6. The van der Waals surface area contributed by atoms with E-state index in [1.165, 1.54) is 23.1 Å². The van der Waals surface area contributed by atoms with Crippen molar-refractivity contribution < 1.29 is 19.4 Å². The maximum absolute atomic E-state index is 13.3. The van der Waals surface area contributed by atoms with Crippen molar-refractivity contribution in [1.29, 1.82) is 0 Å². The second-order valence-corrected chi connectivity index (χ2v) is 8.09. The Hall–Kier alpha value is -1.79. The number of carbonyl (C=O) groups is 2. The second-order valence-electron chi connectivity index (χ2n) is 6.98. The van der Waals surface area contributed by atoms with Crippen LogP contribution in [-0.2, 0) is 9.59 Å². The predicted octanol–water partition coefficient (Wildman–Crippen LogP) is 3.61. The number of carbonyl (C=O) groups excluding carboxylic acids is 2. The zero-order valence-electron chi connectivity index (χ0n) is 15.8. The molecule has 1 aliphatic carbocycles. The molecule has 0 unspecified atom stereocenters. The van der Waals surface area contributed by atoms with Crippen LogP contribution < -0.4 is 4.74 Å². The van der Waals surface area contributed by atoms with E-state index in [1.54, 1.807) is 19.2 Å². The summed E-state index contributed by atoms with van der Waals surface area (Å²) < 4.78 is 5.20. The van der Waals surface area contributed by atoms with Crippen molar-refractivity contribution >= 4 is 29.1 Å². The van der Waals surface area contributed by atoms with Crippen LogP contribution >= 0.6 is 11.8 Å². The van der Waals surface area contributed by atoms with Crippen LogP contribution in [0.1, 0.15) is 50.5 Å². The summed E-state index contributed by atoms with van der Waals surface area (Å²) in [6.45, 7) is -0.0328. The van der Waals surface area contributed by atoms with E-state index in [-0.39, 0.29) is 24.5 Å². The maximum Gasteiger partial charge on any atom is 0.268 e. The average Bonchev–Trinajstić information content (AvgIpc) is 2.90. The Kier molecular flexibility index (Phi) is 6.96. The first-order valence-corrected chi connectivity index (χ1v) is 10.7. The number of methoxy groups -OCH3 is 1. The number of ether oxygens (including phenoxy) is 1. The second kappa shape index (κ2) is 9.42. The molecule has 0 spiro atoms. The molecule has 1 fully saturated rings. The van der Waals surface area contributed by atoms with Crippen LogP contribution in [-0.4, -0.2) is 47.3 Å². The van der Waals surface area contributed by atoms with E-state index in [9.17, 15) is 14.7 Å². The van der Waals surface area contributed by atoms with Crippen molar-refractivity contribution in [2.75, 3.05) is 19.5 Å². The van der Waals surface area contributed by atoms with Crippen LogP contribution in [0.2, 0.25) is 0 Å². The molecule has 2 amide bonds. The molecule has 27 heavy (non-hydrogen) atoms. The molecule has 0 atom stereocenters. The molecule has 0 saturated heterocycles. The third-order valence-electron chi connectivity index (χ3n) is 5.23. The van der Waals surface area contributed by atoms with Gasteiger partial charge in [-0.3, -0.25) is 14.5 Å². The Morgan fingerprint density at radius 2 is 1.67 bits per heavy atom. The molecule has 1 heterocycles. The summed E-state index contributed by atoms with van der Waals surface area (Å²) in [5.74, 6) is 0.704. The number of aliphatic hydroxyl groups excluding tert-OH is 1. The molecule has 1 saturated carbocycles. The van der Waals surface area contributed by atoms with Crippen molar-refractivity contribution in [3.05, 3.63) is 34.7 Å². The van der Waals surface area contributed by atoms with Crippen LogP contribution in [0.3, 0.4) is 0 Å². The number of imide groups is 1. The maximum atomic E-state index is 13.3. The highest BCUT2D eigenvalue weighted by Crippen LogP contribution is 2.39. The van der Waals surface area contributed by atoms with Gasteiger partial charge in [-0.2, -0.15) is 0 Å².